The molecular formula is C16H23N5O2. The fourth-order valence-corrected chi connectivity index (χ4v) is 2.07. The van der Waals surface area contributed by atoms with Gasteiger partial charge < -0.3 is 15.4 Å². The molecule has 0 bridgehead atoms. The van der Waals surface area contributed by atoms with Crippen molar-refractivity contribution in [1.82, 2.24) is 14.8 Å². The maximum Gasteiger partial charge on any atom is 0.247 e. The maximum atomic E-state index is 12.3. The van der Waals surface area contributed by atoms with Crippen molar-refractivity contribution < 1.29 is 9.53 Å². The molecule has 0 saturated carbocycles. The van der Waals surface area contributed by atoms with E-state index in [1.54, 1.807) is 38.6 Å². The lowest BCUT2D eigenvalue weighted by atomic mass is 10.2. The number of ether oxygens (including phenoxy) is 1. The normalized spacial score (nSPS) is 13.2. The number of hydrogen-bond donors (Lipinski definition) is 2. The number of carbonyl (C=O) groups excluding carboxylic acids is 1. The lowest BCUT2D eigenvalue weighted by Gasteiger charge is -2.18. The van der Waals surface area contributed by atoms with Crippen LogP contribution >= 0.6 is 0 Å². The summed E-state index contributed by atoms with van der Waals surface area (Å²) in [4.78, 5) is 16.4. The van der Waals surface area contributed by atoms with Gasteiger partial charge in [-0.15, -0.1) is 0 Å². The van der Waals surface area contributed by atoms with Crippen molar-refractivity contribution in [2.75, 3.05) is 17.7 Å². The molecule has 2 aromatic rings. The predicted octanol–water partition coefficient (Wildman–Crippen LogP) is 2.70. The third-order valence-corrected chi connectivity index (χ3v) is 3.65. The zero-order valence-electron chi connectivity index (χ0n) is 13.9. The van der Waals surface area contributed by atoms with Gasteiger partial charge in [0.2, 0.25) is 11.8 Å². The smallest absolute Gasteiger partial charge is 0.247 e. The summed E-state index contributed by atoms with van der Waals surface area (Å²) in [5, 5.41) is 10.3. The van der Waals surface area contributed by atoms with Gasteiger partial charge in [-0.1, -0.05) is 6.92 Å². The molecule has 2 aromatic heterocycles. The maximum absolute atomic E-state index is 12.3. The molecule has 0 saturated heterocycles. The number of amides is 1. The molecule has 2 unspecified atom stereocenters. The van der Waals surface area contributed by atoms with Crippen molar-refractivity contribution in [2.24, 2.45) is 0 Å². The van der Waals surface area contributed by atoms with Crippen molar-refractivity contribution in [2.45, 2.75) is 39.3 Å². The molecule has 0 fully saturated rings. The molecule has 0 aliphatic rings. The minimum absolute atomic E-state index is 0.133. The molecule has 0 aliphatic carbocycles. The minimum atomic E-state index is -0.412. The summed E-state index contributed by atoms with van der Waals surface area (Å²) in [7, 11) is 1.56. The number of methoxy groups -OCH3 is 1. The van der Waals surface area contributed by atoms with E-state index in [0.717, 1.165) is 12.1 Å². The molecule has 7 heteroatoms. The highest BCUT2D eigenvalue weighted by Crippen LogP contribution is 2.17. The Labute approximate surface area is 136 Å². The van der Waals surface area contributed by atoms with Crippen LogP contribution in [0.2, 0.25) is 0 Å². The molecule has 23 heavy (non-hydrogen) atoms. The van der Waals surface area contributed by atoms with Gasteiger partial charge in [0.1, 0.15) is 11.9 Å². The van der Waals surface area contributed by atoms with E-state index in [0.29, 0.717) is 11.7 Å². The summed E-state index contributed by atoms with van der Waals surface area (Å²) >= 11 is 0. The van der Waals surface area contributed by atoms with Crippen LogP contribution in [0, 0.1) is 0 Å². The monoisotopic (exact) mass is 317 g/mol. The van der Waals surface area contributed by atoms with E-state index in [1.165, 1.54) is 0 Å². The topological polar surface area (TPSA) is 81.1 Å². The summed E-state index contributed by atoms with van der Waals surface area (Å²) in [5.74, 6) is 1.10. The lowest BCUT2D eigenvalue weighted by Crippen LogP contribution is -2.32. The summed E-state index contributed by atoms with van der Waals surface area (Å²) < 4.78 is 6.83. The van der Waals surface area contributed by atoms with Crippen LogP contribution < -0.4 is 15.4 Å². The Hall–Kier alpha value is -2.57. The van der Waals surface area contributed by atoms with Crippen molar-refractivity contribution in [3.8, 4) is 5.88 Å². The number of nitrogens with one attached hydrogen (secondary N) is 2. The van der Waals surface area contributed by atoms with E-state index in [2.05, 4.69) is 34.6 Å². The van der Waals surface area contributed by atoms with Crippen LogP contribution in [-0.2, 0) is 4.79 Å². The molecule has 124 valence electrons. The standard InChI is InChI=1S/C16H23N5O2/c1-5-11(2)21-14(8-9-18-21)20-16(22)12(3)19-13-6-7-15(23-4)17-10-13/h6-12,19H,5H2,1-4H3,(H,20,22). The van der Waals surface area contributed by atoms with Crippen LogP contribution in [0.4, 0.5) is 11.5 Å². The lowest BCUT2D eigenvalue weighted by molar-refractivity contribution is -0.116. The second kappa shape index (κ2) is 7.62. The number of anilines is 2. The highest BCUT2D eigenvalue weighted by molar-refractivity contribution is 5.95. The number of nitrogens with zero attached hydrogens (tertiary/aromatic N) is 3. The van der Waals surface area contributed by atoms with Gasteiger partial charge in [-0.05, 0) is 26.3 Å². The van der Waals surface area contributed by atoms with Crippen molar-refractivity contribution in [3.05, 3.63) is 30.6 Å². The first-order valence-electron chi connectivity index (χ1n) is 7.66. The molecular weight excluding hydrogens is 294 g/mol. The third-order valence-electron chi connectivity index (χ3n) is 3.65. The first kappa shape index (κ1) is 16.8. The Bertz CT molecular complexity index is 638. The Kier molecular flexibility index (Phi) is 5.56. The fourth-order valence-electron chi connectivity index (χ4n) is 2.07. The van der Waals surface area contributed by atoms with Gasteiger partial charge in [0, 0.05) is 12.1 Å². The molecule has 2 atom stereocenters. The Morgan fingerprint density at radius 2 is 2.13 bits per heavy atom. The molecule has 2 rings (SSSR count). The number of aromatic nitrogens is 3. The second-order valence-corrected chi connectivity index (χ2v) is 5.36. The summed E-state index contributed by atoms with van der Waals surface area (Å²) in [6.45, 7) is 5.94. The van der Waals surface area contributed by atoms with E-state index in [1.807, 2.05) is 10.7 Å². The van der Waals surface area contributed by atoms with Crippen LogP contribution in [0.25, 0.3) is 0 Å². The van der Waals surface area contributed by atoms with Crippen molar-refractivity contribution in [3.63, 3.8) is 0 Å². The van der Waals surface area contributed by atoms with Gasteiger partial charge in [-0.2, -0.15) is 5.10 Å². The van der Waals surface area contributed by atoms with Gasteiger partial charge in [0.15, 0.2) is 0 Å². The largest absolute Gasteiger partial charge is 0.481 e. The van der Waals surface area contributed by atoms with Crippen LogP contribution in [0.1, 0.15) is 33.2 Å². The Morgan fingerprint density at radius 1 is 1.35 bits per heavy atom. The van der Waals surface area contributed by atoms with Gasteiger partial charge in [-0.25, -0.2) is 9.67 Å². The molecule has 0 spiro atoms. The van der Waals surface area contributed by atoms with E-state index < -0.39 is 6.04 Å². The SMILES string of the molecule is CCC(C)n1nccc1NC(=O)C(C)Nc1ccc(OC)nc1. The molecule has 0 radical (unpaired) electrons. The van der Waals surface area contributed by atoms with Crippen LogP contribution in [-0.4, -0.2) is 33.8 Å². The van der Waals surface area contributed by atoms with Crippen LogP contribution in [0.3, 0.4) is 0 Å². The van der Waals surface area contributed by atoms with E-state index in [-0.39, 0.29) is 11.9 Å². The number of hydrogen-bond acceptors (Lipinski definition) is 5. The summed E-state index contributed by atoms with van der Waals surface area (Å²) in [6, 6.07) is 5.18. The van der Waals surface area contributed by atoms with E-state index >= 15 is 0 Å². The Morgan fingerprint density at radius 3 is 2.74 bits per heavy atom. The second-order valence-electron chi connectivity index (χ2n) is 5.36. The zero-order chi connectivity index (χ0) is 16.8. The first-order valence-corrected chi connectivity index (χ1v) is 7.66. The zero-order valence-corrected chi connectivity index (χ0v) is 13.9. The van der Waals surface area contributed by atoms with Crippen molar-refractivity contribution in [1.29, 1.82) is 0 Å². The van der Waals surface area contributed by atoms with E-state index in [4.69, 9.17) is 4.74 Å². The highest BCUT2D eigenvalue weighted by Gasteiger charge is 2.16. The van der Waals surface area contributed by atoms with Crippen LogP contribution in [0.15, 0.2) is 30.6 Å². The van der Waals surface area contributed by atoms with Crippen LogP contribution in [0.5, 0.6) is 5.88 Å². The fraction of sp³-hybridized carbons (Fsp3) is 0.438. The van der Waals surface area contributed by atoms with Gasteiger partial charge in [0.05, 0.1) is 31.2 Å². The van der Waals surface area contributed by atoms with E-state index in [9.17, 15) is 4.79 Å². The quantitative estimate of drug-likeness (QED) is 0.820. The molecule has 1 amide bonds. The molecule has 2 N–H and O–H groups in total. The highest BCUT2D eigenvalue weighted by atomic mass is 16.5. The van der Waals surface area contributed by atoms with Gasteiger partial charge in [0.25, 0.3) is 0 Å². The summed E-state index contributed by atoms with van der Waals surface area (Å²) in [6.07, 6.45) is 4.26. The van der Waals surface area contributed by atoms with Gasteiger partial charge in [-0.3, -0.25) is 4.79 Å². The summed E-state index contributed by atoms with van der Waals surface area (Å²) in [5.41, 5.74) is 0.754. The Balaban J connectivity index is 1.98. The number of pyridine rings is 1. The average molecular weight is 317 g/mol. The van der Waals surface area contributed by atoms with Crippen molar-refractivity contribution >= 4 is 17.4 Å². The molecule has 2 heterocycles. The first-order chi connectivity index (χ1) is 11.0. The molecule has 0 aromatic carbocycles. The van der Waals surface area contributed by atoms with Gasteiger partial charge >= 0.3 is 0 Å². The molecule has 7 nitrogen and oxygen atoms in total. The minimum Gasteiger partial charge on any atom is -0.481 e. The third kappa shape index (κ3) is 4.21. The average Bonchev–Trinajstić information content (AvgIpc) is 3.02. The predicted molar refractivity (Wildman–Crippen MR) is 89.7 cm³/mol. The number of carbonyl (C=O) groups is 1. The number of rotatable bonds is 7. The molecule has 0 aliphatic heterocycles.